The molecule has 214 valence electrons. The Labute approximate surface area is 243 Å². The van der Waals surface area contributed by atoms with Crippen LogP contribution in [0.5, 0.6) is 0 Å². The summed E-state index contributed by atoms with van der Waals surface area (Å²) < 4.78 is 29.0. The predicted molar refractivity (Wildman–Crippen MR) is 161 cm³/mol. The minimum atomic E-state index is -4.11. The summed E-state index contributed by atoms with van der Waals surface area (Å²) in [6.45, 7) is 7.70. The zero-order valence-corrected chi connectivity index (χ0v) is 25.1. The van der Waals surface area contributed by atoms with Gasteiger partial charge in [-0.1, -0.05) is 74.3 Å². The minimum Gasteiger partial charge on any atom is -0.354 e. The number of rotatable bonds is 13. The van der Waals surface area contributed by atoms with Crippen molar-refractivity contribution in [3.8, 4) is 0 Å². The third kappa shape index (κ3) is 7.86. The van der Waals surface area contributed by atoms with Gasteiger partial charge in [0.2, 0.25) is 11.8 Å². The molecule has 0 aromatic heterocycles. The predicted octanol–water partition coefficient (Wildman–Crippen LogP) is 5.88. The van der Waals surface area contributed by atoms with Crippen LogP contribution in [-0.4, -0.2) is 44.3 Å². The number of amides is 2. The second kappa shape index (κ2) is 14.3. The Morgan fingerprint density at radius 1 is 0.925 bits per heavy atom. The first-order valence-electron chi connectivity index (χ1n) is 13.5. The highest BCUT2D eigenvalue weighted by molar-refractivity contribution is 7.92. The molecule has 0 saturated heterocycles. The van der Waals surface area contributed by atoms with Gasteiger partial charge < -0.3 is 10.2 Å². The lowest BCUT2D eigenvalue weighted by Crippen LogP contribution is -2.52. The van der Waals surface area contributed by atoms with Crippen LogP contribution in [-0.2, 0) is 26.2 Å². The first kappa shape index (κ1) is 31.2. The maximum atomic E-state index is 14.1. The molecule has 0 unspecified atom stereocenters. The van der Waals surface area contributed by atoms with Gasteiger partial charge >= 0.3 is 0 Å². The molecule has 0 spiro atoms. The van der Waals surface area contributed by atoms with E-state index in [0.717, 1.165) is 28.3 Å². The van der Waals surface area contributed by atoms with Crippen molar-refractivity contribution in [3.63, 3.8) is 0 Å². The van der Waals surface area contributed by atoms with Crippen LogP contribution in [0.25, 0.3) is 0 Å². The number of benzene rings is 3. The van der Waals surface area contributed by atoms with Crippen molar-refractivity contribution in [1.29, 1.82) is 0 Å². The molecule has 0 aliphatic rings. The van der Waals surface area contributed by atoms with Gasteiger partial charge in [0, 0.05) is 18.1 Å². The number of halogens is 1. The molecule has 3 aromatic rings. The summed E-state index contributed by atoms with van der Waals surface area (Å²) in [5, 5.41) is 3.39. The van der Waals surface area contributed by atoms with E-state index >= 15 is 0 Å². The number of nitrogens with zero attached hydrogens (tertiary/aromatic N) is 2. The van der Waals surface area contributed by atoms with Crippen LogP contribution < -0.4 is 9.62 Å². The Hall–Kier alpha value is -3.36. The molecule has 0 aliphatic carbocycles. The Morgan fingerprint density at radius 3 is 2.15 bits per heavy atom. The molecule has 40 heavy (non-hydrogen) atoms. The van der Waals surface area contributed by atoms with Gasteiger partial charge in [-0.15, -0.1) is 0 Å². The molecule has 1 N–H and O–H groups in total. The van der Waals surface area contributed by atoms with Crippen molar-refractivity contribution in [2.75, 3.05) is 17.4 Å². The van der Waals surface area contributed by atoms with Gasteiger partial charge in [0.05, 0.1) is 10.6 Å². The van der Waals surface area contributed by atoms with E-state index in [1.54, 1.807) is 48.5 Å². The molecule has 1 atom stereocenters. The van der Waals surface area contributed by atoms with Crippen molar-refractivity contribution in [2.24, 2.45) is 0 Å². The van der Waals surface area contributed by atoms with Crippen molar-refractivity contribution >= 4 is 39.1 Å². The first-order valence-corrected chi connectivity index (χ1v) is 15.4. The number of carbonyl (C=O) groups excluding carboxylic acids is 2. The number of unbranched alkanes of at least 4 members (excludes halogenated alkanes) is 1. The fraction of sp³-hybridized carbons (Fsp3) is 0.355. The standard InChI is InChI=1S/C31H38ClN3O4S/c1-5-7-17-33-31(37)29(6-2)34(21-25-13-11-12-16-28(25)32)30(36)22-35(26-19-23(3)18-24(4)20-26)40(38,39)27-14-9-8-10-15-27/h8-16,18-20,29H,5-7,17,21-22H2,1-4H3,(H,33,37)/t29-/m1/s1. The molecule has 0 radical (unpaired) electrons. The summed E-state index contributed by atoms with van der Waals surface area (Å²) >= 11 is 6.45. The number of carbonyl (C=O) groups is 2. The summed E-state index contributed by atoms with van der Waals surface area (Å²) in [6, 6.07) is 19.8. The zero-order chi connectivity index (χ0) is 29.3. The van der Waals surface area contributed by atoms with E-state index in [2.05, 4.69) is 5.32 Å². The Kier molecular flexibility index (Phi) is 11.2. The summed E-state index contributed by atoms with van der Waals surface area (Å²) in [7, 11) is -4.11. The molecule has 3 aromatic carbocycles. The molecule has 0 saturated carbocycles. The normalized spacial score (nSPS) is 12.0. The van der Waals surface area contributed by atoms with E-state index < -0.39 is 28.5 Å². The maximum absolute atomic E-state index is 14.1. The Morgan fingerprint density at radius 2 is 1.55 bits per heavy atom. The minimum absolute atomic E-state index is 0.0598. The first-order chi connectivity index (χ1) is 19.1. The molecule has 9 heteroatoms. The Bertz CT molecular complexity index is 1390. The quantitative estimate of drug-likeness (QED) is 0.255. The van der Waals surface area contributed by atoms with Crippen LogP contribution in [0.1, 0.15) is 49.8 Å². The molecular weight excluding hydrogens is 546 g/mol. The van der Waals surface area contributed by atoms with Crippen molar-refractivity contribution in [3.05, 3.63) is 94.5 Å². The van der Waals surface area contributed by atoms with Crippen LogP contribution in [0.2, 0.25) is 5.02 Å². The van der Waals surface area contributed by atoms with Crippen LogP contribution in [0.3, 0.4) is 0 Å². The number of anilines is 1. The van der Waals surface area contributed by atoms with Crippen LogP contribution >= 0.6 is 11.6 Å². The largest absolute Gasteiger partial charge is 0.354 e. The van der Waals surface area contributed by atoms with E-state index in [-0.39, 0.29) is 17.3 Å². The summed E-state index contributed by atoms with van der Waals surface area (Å²) in [5.74, 6) is -0.781. The molecule has 2 amide bonds. The molecule has 0 bridgehead atoms. The molecule has 7 nitrogen and oxygen atoms in total. The highest BCUT2D eigenvalue weighted by atomic mass is 35.5. The van der Waals surface area contributed by atoms with Gasteiger partial charge in [0.25, 0.3) is 10.0 Å². The molecule has 0 heterocycles. The summed E-state index contributed by atoms with van der Waals surface area (Å²) in [4.78, 5) is 28.9. The fourth-order valence-corrected chi connectivity index (χ4v) is 6.19. The van der Waals surface area contributed by atoms with Crippen LogP contribution in [0, 0.1) is 13.8 Å². The van der Waals surface area contributed by atoms with Gasteiger partial charge in [-0.2, -0.15) is 0 Å². The maximum Gasteiger partial charge on any atom is 0.264 e. The molecule has 3 rings (SSSR count). The van der Waals surface area contributed by atoms with E-state index in [1.807, 2.05) is 39.8 Å². The highest BCUT2D eigenvalue weighted by Crippen LogP contribution is 2.27. The smallest absolute Gasteiger partial charge is 0.264 e. The second-order valence-corrected chi connectivity index (χ2v) is 12.1. The van der Waals surface area contributed by atoms with E-state index in [9.17, 15) is 18.0 Å². The zero-order valence-electron chi connectivity index (χ0n) is 23.6. The summed E-state index contributed by atoms with van der Waals surface area (Å²) in [5.41, 5.74) is 2.78. The van der Waals surface area contributed by atoms with Crippen molar-refractivity contribution in [1.82, 2.24) is 10.2 Å². The number of nitrogens with one attached hydrogen (secondary N) is 1. The third-order valence-corrected chi connectivity index (χ3v) is 8.78. The SMILES string of the molecule is CCCCNC(=O)[C@@H](CC)N(Cc1ccccc1Cl)C(=O)CN(c1cc(C)cc(C)c1)S(=O)(=O)c1ccccc1. The summed E-state index contributed by atoms with van der Waals surface area (Å²) in [6.07, 6.45) is 2.08. The number of sulfonamides is 1. The number of hydrogen-bond acceptors (Lipinski definition) is 4. The fourth-order valence-electron chi connectivity index (χ4n) is 4.58. The lowest BCUT2D eigenvalue weighted by molar-refractivity contribution is -0.140. The molecule has 0 aliphatic heterocycles. The topological polar surface area (TPSA) is 86.8 Å². The monoisotopic (exact) mass is 583 g/mol. The van der Waals surface area contributed by atoms with Crippen LogP contribution in [0.4, 0.5) is 5.69 Å². The van der Waals surface area contributed by atoms with Gasteiger partial charge in [-0.3, -0.25) is 13.9 Å². The second-order valence-electron chi connectivity index (χ2n) is 9.85. The average Bonchev–Trinajstić information content (AvgIpc) is 2.92. The molecular formula is C31H38ClN3O4S. The lowest BCUT2D eigenvalue weighted by atomic mass is 10.1. The lowest BCUT2D eigenvalue weighted by Gasteiger charge is -2.33. The number of hydrogen-bond donors (Lipinski definition) is 1. The Balaban J connectivity index is 2.07. The average molecular weight is 584 g/mol. The van der Waals surface area contributed by atoms with Gasteiger partial charge in [-0.25, -0.2) is 8.42 Å². The highest BCUT2D eigenvalue weighted by Gasteiger charge is 2.34. The van der Waals surface area contributed by atoms with Gasteiger partial charge in [-0.05, 0) is 73.7 Å². The third-order valence-electron chi connectivity index (χ3n) is 6.62. The van der Waals surface area contributed by atoms with E-state index in [1.165, 1.54) is 17.0 Å². The van der Waals surface area contributed by atoms with E-state index in [0.29, 0.717) is 29.2 Å². The molecule has 0 fully saturated rings. The van der Waals surface area contributed by atoms with Crippen molar-refractivity contribution < 1.29 is 18.0 Å². The van der Waals surface area contributed by atoms with Crippen molar-refractivity contribution in [2.45, 2.75) is 64.4 Å². The van der Waals surface area contributed by atoms with Gasteiger partial charge in [0.1, 0.15) is 12.6 Å². The van der Waals surface area contributed by atoms with Crippen LogP contribution in [0.15, 0.2) is 77.7 Å². The number of aryl methyl sites for hydroxylation is 2. The van der Waals surface area contributed by atoms with Gasteiger partial charge in [0.15, 0.2) is 0 Å². The van der Waals surface area contributed by atoms with E-state index in [4.69, 9.17) is 11.6 Å².